The number of carbonyl (C=O) groups is 2. The second-order valence-electron chi connectivity index (χ2n) is 7.87. The number of amides is 2. The van der Waals surface area contributed by atoms with E-state index in [1.807, 2.05) is 6.92 Å². The number of anilines is 1. The van der Waals surface area contributed by atoms with E-state index in [0.717, 1.165) is 23.4 Å². The Bertz CT molecular complexity index is 1110. The lowest BCUT2D eigenvalue weighted by Crippen LogP contribution is -2.51. The Morgan fingerprint density at radius 2 is 1.68 bits per heavy atom. The Morgan fingerprint density at radius 1 is 1.03 bits per heavy atom. The van der Waals surface area contributed by atoms with Crippen molar-refractivity contribution in [1.82, 2.24) is 10.2 Å². The number of nitrogens with zero attached hydrogens (tertiary/aromatic N) is 2. The molecular formula is C23H28Cl3N3O4S. The van der Waals surface area contributed by atoms with Crippen LogP contribution in [0.5, 0.6) is 0 Å². The van der Waals surface area contributed by atoms with Crippen molar-refractivity contribution in [1.29, 1.82) is 0 Å². The molecule has 1 atom stereocenters. The summed E-state index contributed by atoms with van der Waals surface area (Å²) in [7, 11) is -3.88. The van der Waals surface area contributed by atoms with Crippen LogP contribution in [0.3, 0.4) is 0 Å². The normalized spacial score (nSPS) is 12.2. The molecule has 0 aliphatic rings. The van der Waals surface area contributed by atoms with Crippen LogP contribution in [0.1, 0.15) is 32.3 Å². The summed E-state index contributed by atoms with van der Waals surface area (Å²) in [6.07, 6.45) is 2.70. The van der Waals surface area contributed by atoms with Crippen molar-refractivity contribution in [2.75, 3.05) is 23.7 Å². The average Bonchev–Trinajstić information content (AvgIpc) is 2.73. The van der Waals surface area contributed by atoms with Gasteiger partial charge in [-0.1, -0.05) is 60.3 Å². The SMILES string of the molecule is CCCCNC(=O)C(C)N(Cc1cccc(Cl)c1)C(=O)CN(c1cc(Cl)cc(Cl)c1)S(C)(=O)=O. The highest BCUT2D eigenvalue weighted by atomic mass is 35.5. The van der Waals surface area contributed by atoms with Gasteiger partial charge >= 0.3 is 0 Å². The van der Waals surface area contributed by atoms with Gasteiger partial charge in [0.25, 0.3) is 0 Å². The minimum Gasteiger partial charge on any atom is -0.354 e. The van der Waals surface area contributed by atoms with E-state index >= 15 is 0 Å². The van der Waals surface area contributed by atoms with Crippen LogP contribution < -0.4 is 9.62 Å². The minimum absolute atomic E-state index is 0.0651. The molecule has 11 heteroatoms. The third kappa shape index (κ3) is 8.34. The van der Waals surface area contributed by atoms with Crippen LogP contribution in [-0.2, 0) is 26.2 Å². The minimum atomic E-state index is -3.88. The molecule has 7 nitrogen and oxygen atoms in total. The van der Waals surface area contributed by atoms with Gasteiger partial charge < -0.3 is 10.2 Å². The Hall–Kier alpha value is -2.00. The molecule has 1 unspecified atom stereocenters. The van der Waals surface area contributed by atoms with Gasteiger partial charge in [0.05, 0.1) is 11.9 Å². The van der Waals surface area contributed by atoms with Crippen LogP contribution in [0.25, 0.3) is 0 Å². The van der Waals surface area contributed by atoms with Crippen LogP contribution in [0.2, 0.25) is 15.1 Å². The van der Waals surface area contributed by atoms with Crippen molar-refractivity contribution in [2.24, 2.45) is 0 Å². The maximum absolute atomic E-state index is 13.4. The lowest BCUT2D eigenvalue weighted by molar-refractivity contribution is -0.139. The summed E-state index contributed by atoms with van der Waals surface area (Å²) >= 11 is 18.2. The molecule has 0 spiro atoms. The first-order valence-corrected chi connectivity index (χ1v) is 13.7. The average molecular weight is 549 g/mol. The summed E-state index contributed by atoms with van der Waals surface area (Å²) in [4.78, 5) is 27.5. The first kappa shape index (κ1) is 28.2. The molecule has 0 aliphatic carbocycles. The quantitative estimate of drug-likeness (QED) is 0.411. The molecule has 0 aromatic heterocycles. The summed E-state index contributed by atoms with van der Waals surface area (Å²) in [6, 6.07) is 10.3. The van der Waals surface area contributed by atoms with Crippen molar-refractivity contribution in [3.63, 3.8) is 0 Å². The lowest BCUT2D eigenvalue weighted by atomic mass is 10.1. The van der Waals surface area contributed by atoms with E-state index in [4.69, 9.17) is 34.8 Å². The van der Waals surface area contributed by atoms with Gasteiger partial charge in [0.1, 0.15) is 12.6 Å². The maximum atomic E-state index is 13.4. The van der Waals surface area contributed by atoms with Crippen molar-refractivity contribution >= 4 is 62.3 Å². The fourth-order valence-corrected chi connectivity index (χ4v) is 4.81. The number of benzene rings is 2. The second-order valence-corrected chi connectivity index (χ2v) is 11.1. The topological polar surface area (TPSA) is 86.8 Å². The predicted octanol–water partition coefficient (Wildman–Crippen LogP) is 4.75. The number of hydrogen-bond donors (Lipinski definition) is 1. The Morgan fingerprint density at radius 3 is 2.24 bits per heavy atom. The van der Waals surface area contributed by atoms with E-state index in [9.17, 15) is 18.0 Å². The number of sulfonamides is 1. The van der Waals surface area contributed by atoms with Gasteiger partial charge in [0.2, 0.25) is 21.8 Å². The summed E-state index contributed by atoms with van der Waals surface area (Å²) in [5.74, 6) is -0.903. The van der Waals surface area contributed by atoms with E-state index in [1.165, 1.54) is 23.1 Å². The molecule has 0 saturated heterocycles. The fourth-order valence-electron chi connectivity index (χ4n) is 3.25. The molecule has 0 heterocycles. The molecule has 1 N–H and O–H groups in total. The maximum Gasteiger partial charge on any atom is 0.244 e. The van der Waals surface area contributed by atoms with Crippen LogP contribution in [0, 0.1) is 0 Å². The van der Waals surface area contributed by atoms with E-state index in [1.54, 1.807) is 31.2 Å². The Balaban J connectivity index is 2.38. The van der Waals surface area contributed by atoms with Gasteiger partial charge in [-0.2, -0.15) is 0 Å². The molecule has 0 radical (unpaired) electrons. The summed E-state index contributed by atoms with van der Waals surface area (Å²) in [5.41, 5.74) is 0.849. The van der Waals surface area contributed by atoms with Gasteiger partial charge in [0, 0.05) is 28.2 Å². The molecule has 186 valence electrons. The smallest absolute Gasteiger partial charge is 0.244 e. The number of rotatable bonds is 11. The molecule has 2 aromatic carbocycles. The monoisotopic (exact) mass is 547 g/mol. The number of halogens is 3. The molecule has 34 heavy (non-hydrogen) atoms. The van der Waals surface area contributed by atoms with Crippen LogP contribution in [0.4, 0.5) is 5.69 Å². The molecule has 0 saturated carbocycles. The fraction of sp³-hybridized carbons (Fsp3) is 0.391. The van der Waals surface area contributed by atoms with E-state index < -0.39 is 28.5 Å². The summed E-state index contributed by atoms with van der Waals surface area (Å²) < 4.78 is 26.0. The second kappa shape index (κ2) is 12.6. The van der Waals surface area contributed by atoms with Gasteiger partial charge in [-0.3, -0.25) is 13.9 Å². The van der Waals surface area contributed by atoms with Crippen LogP contribution in [-0.4, -0.2) is 50.5 Å². The zero-order valence-electron chi connectivity index (χ0n) is 19.2. The zero-order chi connectivity index (χ0) is 25.5. The van der Waals surface area contributed by atoms with Crippen molar-refractivity contribution in [2.45, 2.75) is 39.3 Å². The third-order valence-electron chi connectivity index (χ3n) is 5.05. The van der Waals surface area contributed by atoms with Gasteiger partial charge in [0.15, 0.2) is 0 Å². The van der Waals surface area contributed by atoms with E-state index in [0.29, 0.717) is 17.1 Å². The van der Waals surface area contributed by atoms with Crippen molar-refractivity contribution < 1.29 is 18.0 Å². The molecule has 2 aromatic rings. The highest BCUT2D eigenvalue weighted by Crippen LogP contribution is 2.27. The highest BCUT2D eigenvalue weighted by Gasteiger charge is 2.30. The largest absolute Gasteiger partial charge is 0.354 e. The number of nitrogens with one attached hydrogen (secondary N) is 1. The number of carbonyl (C=O) groups excluding carboxylic acids is 2. The van der Waals surface area contributed by atoms with E-state index in [-0.39, 0.29) is 28.2 Å². The van der Waals surface area contributed by atoms with Gasteiger partial charge in [-0.05, 0) is 49.2 Å². The molecule has 2 rings (SSSR count). The number of hydrogen-bond acceptors (Lipinski definition) is 4. The van der Waals surface area contributed by atoms with Gasteiger partial charge in [-0.15, -0.1) is 0 Å². The molecule has 2 amide bonds. The molecule has 0 fully saturated rings. The van der Waals surface area contributed by atoms with Crippen molar-refractivity contribution in [3.8, 4) is 0 Å². The van der Waals surface area contributed by atoms with Crippen LogP contribution in [0.15, 0.2) is 42.5 Å². The molecule has 0 bridgehead atoms. The number of unbranched alkanes of at least 4 members (excludes halogenated alkanes) is 1. The zero-order valence-corrected chi connectivity index (χ0v) is 22.3. The summed E-state index contributed by atoms with van der Waals surface area (Å²) in [6.45, 7) is 3.62. The standard InChI is InChI=1S/C23H28Cl3N3O4S/c1-4-5-9-27-23(31)16(2)28(14-17-7-6-8-18(24)10-17)22(30)15-29(34(3,32)33)21-12-19(25)11-20(26)13-21/h6-8,10-13,16H,4-5,9,14-15H2,1-3H3,(H,27,31). The predicted molar refractivity (Wildman–Crippen MR) is 138 cm³/mol. The van der Waals surface area contributed by atoms with E-state index in [2.05, 4.69) is 5.32 Å². The van der Waals surface area contributed by atoms with Gasteiger partial charge in [-0.25, -0.2) is 8.42 Å². The first-order valence-electron chi connectivity index (χ1n) is 10.7. The third-order valence-corrected chi connectivity index (χ3v) is 6.87. The molecular weight excluding hydrogens is 521 g/mol. The van der Waals surface area contributed by atoms with Crippen molar-refractivity contribution in [3.05, 3.63) is 63.1 Å². The molecule has 0 aliphatic heterocycles. The Kier molecular flexibility index (Phi) is 10.5. The first-order chi connectivity index (χ1) is 15.9. The highest BCUT2D eigenvalue weighted by molar-refractivity contribution is 7.92. The Labute approximate surface area is 216 Å². The summed E-state index contributed by atoms with van der Waals surface area (Å²) in [5, 5.41) is 3.75. The lowest BCUT2D eigenvalue weighted by Gasteiger charge is -2.31. The van der Waals surface area contributed by atoms with Crippen LogP contribution >= 0.6 is 34.8 Å².